The third kappa shape index (κ3) is 7.78. The van der Waals surface area contributed by atoms with Crippen molar-refractivity contribution in [3.05, 3.63) is 11.6 Å². The minimum atomic E-state index is -1.84. The van der Waals surface area contributed by atoms with E-state index < -0.39 is 14.1 Å². The van der Waals surface area contributed by atoms with Crippen LogP contribution in [0.1, 0.15) is 101 Å². The second-order valence-corrected chi connectivity index (χ2v) is 17.2. The van der Waals surface area contributed by atoms with Crippen LogP contribution in [0.2, 0.25) is 18.1 Å². The number of rotatable bonds is 11. The third-order valence-electron chi connectivity index (χ3n) is 7.43. The highest BCUT2D eigenvalue weighted by molar-refractivity contribution is 6.74. The second-order valence-electron chi connectivity index (χ2n) is 12.4. The summed E-state index contributed by atoms with van der Waals surface area (Å²) in [6, 6.07) is 0. The molecule has 1 heterocycles. The van der Waals surface area contributed by atoms with E-state index in [1.807, 2.05) is 20.8 Å². The molecule has 188 valence electrons. The highest BCUT2D eigenvalue weighted by Crippen LogP contribution is 2.45. The minimum Gasteiger partial charge on any atom is -0.414 e. The normalized spacial score (nSPS) is 25.9. The Morgan fingerprint density at radius 2 is 1.72 bits per heavy atom. The van der Waals surface area contributed by atoms with Gasteiger partial charge in [0.25, 0.3) is 0 Å². The van der Waals surface area contributed by atoms with Crippen LogP contribution < -0.4 is 0 Å². The molecule has 0 saturated carbocycles. The molecule has 1 aliphatic rings. The molecule has 1 saturated heterocycles. The van der Waals surface area contributed by atoms with Crippen molar-refractivity contribution in [1.29, 1.82) is 0 Å². The average Bonchev–Trinajstić information content (AvgIpc) is 2.65. The number of ether oxygens (including phenoxy) is 2. The van der Waals surface area contributed by atoms with Gasteiger partial charge in [-0.25, -0.2) is 0 Å². The Kier molecular flexibility index (Phi) is 10.4. The van der Waals surface area contributed by atoms with E-state index in [2.05, 4.69) is 67.6 Å². The van der Waals surface area contributed by atoms with Crippen LogP contribution in [-0.4, -0.2) is 38.7 Å². The van der Waals surface area contributed by atoms with E-state index in [0.717, 1.165) is 19.1 Å². The molecular weight excluding hydrogens is 416 g/mol. The van der Waals surface area contributed by atoms with Gasteiger partial charge in [0.2, 0.25) is 0 Å². The summed E-state index contributed by atoms with van der Waals surface area (Å²) >= 11 is 0. The topological polar surface area (TPSA) is 44.8 Å². The average molecular weight is 469 g/mol. The van der Waals surface area contributed by atoms with Crippen LogP contribution in [0.15, 0.2) is 11.6 Å². The summed E-state index contributed by atoms with van der Waals surface area (Å²) in [7, 11) is -1.84. The van der Waals surface area contributed by atoms with Crippen LogP contribution >= 0.6 is 0 Å². The van der Waals surface area contributed by atoms with Crippen molar-refractivity contribution in [3.63, 3.8) is 0 Å². The van der Waals surface area contributed by atoms with Crippen LogP contribution in [0.5, 0.6) is 0 Å². The molecule has 1 fully saturated rings. The van der Waals surface area contributed by atoms with Crippen LogP contribution in [0, 0.1) is 11.3 Å². The molecule has 4 atom stereocenters. The number of carbonyl (C=O) groups is 1. The summed E-state index contributed by atoms with van der Waals surface area (Å²) in [5, 5.41) is 0.197. The molecule has 0 aliphatic carbocycles. The van der Waals surface area contributed by atoms with Gasteiger partial charge in [-0.15, -0.1) is 0 Å². The zero-order valence-corrected chi connectivity index (χ0v) is 24.1. The summed E-state index contributed by atoms with van der Waals surface area (Å²) in [6.07, 6.45) is 8.91. The zero-order valence-electron chi connectivity index (χ0n) is 23.1. The molecule has 0 bridgehead atoms. The van der Waals surface area contributed by atoms with E-state index in [4.69, 9.17) is 13.9 Å². The van der Waals surface area contributed by atoms with E-state index >= 15 is 0 Å². The Hall–Kier alpha value is -0.493. The molecule has 0 aromatic heterocycles. The molecule has 0 aromatic carbocycles. The molecule has 0 spiro atoms. The molecule has 0 N–H and O–H groups in total. The van der Waals surface area contributed by atoms with Crippen molar-refractivity contribution in [2.24, 2.45) is 11.3 Å². The van der Waals surface area contributed by atoms with Crippen molar-refractivity contribution in [2.45, 2.75) is 144 Å². The van der Waals surface area contributed by atoms with Gasteiger partial charge in [0.1, 0.15) is 6.29 Å². The summed E-state index contributed by atoms with van der Waals surface area (Å²) in [6.45, 7) is 26.1. The highest BCUT2D eigenvalue weighted by Gasteiger charge is 2.51. The van der Waals surface area contributed by atoms with Gasteiger partial charge in [-0.2, -0.15) is 0 Å². The summed E-state index contributed by atoms with van der Waals surface area (Å²) < 4.78 is 19.5. The minimum absolute atomic E-state index is 0.109. The lowest BCUT2D eigenvalue weighted by Crippen LogP contribution is -2.58. The molecule has 5 heteroatoms. The first-order chi connectivity index (χ1) is 14.5. The number of aldehydes is 1. The Bertz CT molecular complexity index is 630. The molecule has 0 amide bonds. The number of carbonyl (C=O) groups excluding carboxylic acids is 1. The van der Waals surface area contributed by atoms with Gasteiger partial charge in [-0.3, -0.25) is 0 Å². The maximum atomic E-state index is 11.6. The molecule has 4 nitrogen and oxygen atoms in total. The lowest BCUT2D eigenvalue weighted by atomic mass is 9.72. The van der Waals surface area contributed by atoms with Crippen molar-refractivity contribution in [1.82, 2.24) is 0 Å². The fourth-order valence-corrected chi connectivity index (χ4v) is 5.87. The van der Waals surface area contributed by atoms with E-state index in [9.17, 15) is 4.79 Å². The maximum Gasteiger partial charge on any atom is 0.192 e. The Morgan fingerprint density at radius 3 is 2.22 bits per heavy atom. The summed E-state index contributed by atoms with van der Waals surface area (Å²) in [5.41, 5.74) is 0.892. The van der Waals surface area contributed by atoms with Crippen LogP contribution in [0.4, 0.5) is 0 Å². The predicted molar refractivity (Wildman–Crippen MR) is 137 cm³/mol. The maximum absolute atomic E-state index is 11.6. The van der Waals surface area contributed by atoms with Gasteiger partial charge < -0.3 is 18.7 Å². The van der Waals surface area contributed by atoms with Crippen molar-refractivity contribution in [2.75, 3.05) is 0 Å². The molecule has 0 radical (unpaired) electrons. The van der Waals surface area contributed by atoms with E-state index in [-0.39, 0.29) is 34.7 Å². The zero-order chi connectivity index (χ0) is 25.0. The fraction of sp³-hybridized carbons (Fsp3) is 0.889. The monoisotopic (exact) mass is 468 g/mol. The van der Waals surface area contributed by atoms with E-state index in [0.29, 0.717) is 0 Å². The lowest BCUT2D eigenvalue weighted by molar-refractivity contribution is -0.339. The Balaban J connectivity index is 3.11. The largest absolute Gasteiger partial charge is 0.414 e. The molecular formula is C27H52O4Si. The first-order valence-electron chi connectivity index (χ1n) is 12.6. The van der Waals surface area contributed by atoms with Crippen LogP contribution in [0.3, 0.4) is 0 Å². The summed E-state index contributed by atoms with van der Waals surface area (Å²) in [5.74, 6) is -0.915. The SMILES string of the molecule is CCCCC[C@H](C/C=C(\C)[C@H]1OC(C)(C)O[C@@H]([C@H](C)C=O)C1(C)C)O[Si](C)(C)C(C)(C)C. The molecule has 0 aromatic rings. The third-order valence-corrected chi connectivity index (χ3v) is 12.0. The van der Waals surface area contributed by atoms with Gasteiger partial charge >= 0.3 is 0 Å². The molecule has 32 heavy (non-hydrogen) atoms. The first-order valence-corrected chi connectivity index (χ1v) is 15.5. The van der Waals surface area contributed by atoms with Gasteiger partial charge in [0, 0.05) is 17.4 Å². The smallest absolute Gasteiger partial charge is 0.192 e. The Labute approximate surface area is 200 Å². The Morgan fingerprint density at radius 1 is 1.12 bits per heavy atom. The number of unbranched alkanes of at least 4 members (excludes halogenated alkanes) is 2. The first kappa shape index (κ1) is 29.5. The second kappa shape index (κ2) is 11.3. The van der Waals surface area contributed by atoms with Gasteiger partial charge in [-0.05, 0) is 57.3 Å². The van der Waals surface area contributed by atoms with Crippen LogP contribution in [0.25, 0.3) is 0 Å². The van der Waals surface area contributed by atoms with E-state index in [1.165, 1.54) is 24.8 Å². The van der Waals surface area contributed by atoms with Crippen molar-refractivity contribution in [3.8, 4) is 0 Å². The van der Waals surface area contributed by atoms with Gasteiger partial charge in [0.05, 0.1) is 12.2 Å². The summed E-state index contributed by atoms with van der Waals surface area (Å²) in [4.78, 5) is 11.6. The lowest BCUT2D eigenvalue weighted by Gasteiger charge is -2.52. The highest BCUT2D eigenvalue weighted by atomic mass is 28.4. The van der Waals surface area contributed by atoms with Crippen molar-refractivity contribution >= 4 is 14.6 Å². The number of hydrogen-bond donors (Lipinski definition) is 0. The van der Waals surface area contributed by atoms with E-state index in [1.54, 1.807) is 0 Å². The van der Waals surface area contributed by atoms with Gasteiger partial charge in [-0.1, -0.05) is 73.8 Å². The molecule has 0 unspecified atom stereocenters. The van der Waals surface area contributed by atoms with Crippen molar-refractivity contribution < 1.29 is 18.7 Å². The molecule has 1 aliphatic heterocycles. The standard InChI is InChI=1S/C27H52O4Si/c1-13-14-15-16-22(31-32(11,12)25(4,5)6)18-17-20(2)23-26(7,8)24(21(3)19-28)30-27(9,10)29-23/h17,19,21-24H,13-16,18H2,1-12H3/b20-17+/t21-,22-,23-,24+/m1/s1. The fourth-order valence-electron chi connectivity index (χ4n) is 4.47. The molecule has 1 rings (SSSR count). The van der Waals surface area contributed by atoms with Gasteiger partial charge in [0.15, 0.2) is 14.1 Å². The van der Waals surface area contributed by atoms with Crippen LogP contribution in [-0.2, 0) is 18.7 Å². The quantitative estimate of drug-likeness (QED) is 0.135. The number of hydrogen-bond acceptors (Lipinski definition) is 4. The predicted octanol–water partition coefficient (Wildman–Crippen LogP) is 7.67.